The van der Waals surface area contributed by atoms with E-state index in [0.29, 0.717) is 24.9 Å². The number of nitrogens with zero attached hydrogens (tertiary/aromatic N) is 4. The third-order valence-electron chi connectivity index (χ3n) is 4.38. The Labute approximate surface area is 159 Å². The van der Waals surface area contributed by atoms with Crippen LogP contribution in [0.4, 0.5) is 0 Å². The van der Waals surface area contributed by atoms with Crippen LogP contribution < -0.4 is 10.6 Å². The molecular formula is C20H26N6O. The minimum absolute atomic E-state index is 0.480. The molecule has 0 aliphatic rings. The fourth-order valence-electron chi connectivity index (χ4n) is 2.91. The smallest absolute Gasteiger partial charge is 0.214 e. The molecule has 2 heterocycles. The Bertz CT molecular complexity index is 934. The second kappa shape index (κ2) is 8.07. The van der Waals surface area contributed by atoms with E-state index < -0.39 is 0 Å². The highest BCUT2D eigenvalue weighted by molar-refractivity contribution is 5.79. The van der Waals surface area contributed by atoms with Gasteiger partial charge in [0, 0.05) is 19.3 Å². The minimum atomic E-state index is 0.480. The first kappa shape index (κ1) is 18.7. The van der Waals surface area contributed by atoms with E-state index in [1.54, 1.807) is 7.05 Å². The van der Waals surface area contributed by atoms with Crippen LogP contribution in [0.2, 0.25) is 0 Å². The molecule has 0 radical (unpaired) electrons. The maximum atomic E-state index is 5.60. The quantitative estimate of drug-likeness (QED) is 0.536. The molecule has 7 nitrogen and oxygen atoms in total. The maximum Gasteiger partial charge on any atom is 0.214 e. The van der Waals surface area contributed by atoms with E-state index in [-0.39, 0.29) is 0 Å². The first-order valence-electron chi connectivity index (χ1n) is 8.97. The standard InChI is InChI=1S/C20H26N6O/c1-13-10-14(2)26(25-13)18-9-7-6-8-17(18)11-22-20(21-5)23-12-19-24-15(3)16(4)27-19/h6-10H,11-12H2,1-5H3,(H2,21,22,23). The van der Waals surface area contributed by atoms with Crippen LogP contribution in [0, 0.1) is 27.7 Å². The topological polar surface area (TPSA) is 80.3 Å². The van der Waals surface area contributed by atoms with Crippen LogP contribution in [0.1, 0.15) is 34.3 Å². The number of hydrogen-bond donors (Lipinski definition) is 2. The van der Waals surface area contributed by atoms with Gasteiger partial charge in [0.25, 0.3) is 0 Å². The first-order valence-corrected chi connectivity index (χ1v) is 8.97. The number of para-hydroxylation sites is 1. The zero-order chi connectivity index (χ0) is 19.4. The summed E-state index contributed by atoms with van der Waals surface area (Å²) >= 11 is 0. The lowest BCUT2D eigenvalue weighted by molar-refractivity contribution is 0.463. The molecule has 3 aromatic rings. The molecule has 0 atom stereocenters. The van der Waals surface area contributed by atoms with E-state index in [1.807, 2.05) is 37.6 Å². The number of aryl methyl sites for hydroxylation is 4. The summed E-state index contributed by atoms with van der Waals surface area (Å²) in [7, 11) is 1.74. The van der Waals surface area contributed by atoms with Gasteiger partial charge in [-0.3, -0.25) is 4.99 Å². The first-order chi connectivity index (χ1) is 13.0. The molecule has 2 aromatic heterocycles. The molecule has 7 heteroatoms. The molecule has 0 fully saturated rings. The van der Waals surface area contributed by atoms with E-state index in [4.69, 9.17) is 4.42 Å². The number of oxazole rings is 1. The van der Waals surface area contributed by atoms with Crippen molar-refractivity contribution in [2.24, 2.45) is 4.99 Å². The highest BCUT2D eigenvalue weighted by Gasteiger charge is 2.10. The van der Waals surface area contributed by atoms with Crippen molar-refractivity contribution >= 4 is 5.96 Å². The molecule has 0 saturated carbocycles. The van der Waals surface area contributed by atoms with Gasteiger partial charge in [-0.25, -0.2) is 9.67 Å². The number of rotatable bonds is 5. The van der Waals surface area contributed by atoms with Crippen molar-refractivity contribution in [2.75, 3.05) is 7.05 Å². The van der Waals surface area contributed by atoms with Crippen molar-refractivity contribution < 1.29 is 4.42 Å². The summed E-state index contributed by atoms with van der Waals surface area (Å²) in [4.78, 5) is 8.65. The summed E-state index contributed by atoms with van der Waals surface area (Å²) in [6.07, 6.45) is 0. The number of nitrogens with one attached hydrogen (secondary N) is 2. The van der Waals surface area contributed by atoms with Gasteiger partial charge < -0.3 is 15.1 Å². The fourth-order valence-corrected chi connectivity index (χ4v) is 2.91. The van der Waals surface area contributed by atoms with Crippen molar-refractivity contribution in [3.8, 4) is 5.69 Å². The largest absolute Gasteiger partial charge is 0.444 e. The number of guanidine groups is 1. The Balaban J connectivity index is 1.67. The van der Waals surface area contributed by atoms with Gasteiger partial charge in [-0.15, -0.1) is 0 Å². The normalized spacial score (nSPS) is 11.7. The van der Waals surface area contributed by atoms with Crippen molar-refractivity contribution in [3.05, 3.63) is 64.6 Å². The zero-order valence-corrected chi connectivity index (χ0v) is 16.5. The van der Waals surface area contributed by atoms with Gasteiger partial charge in [-0.2, -0.15) is 5.10 Å². The van der Waals surface area contributed by atoms with Crippen LogP contribution in [-0.2, 0) is 13.1 Å². The third-order valence-corrected chi connectivity index (χ3v) is 4.38. The fraction of sp³-hybridized carbons (Fsp3) is 0.350. The summed E-state index contributed by atoms with van der Waals surface area (Å²) in [6, 6.07) is 10.3. The Morgan fingerprint density at radius 3 is 2.48 bits per heavy atom. The number of hydrogen-bond acceptors (Lipinski definition) is 4. The predicted molar refractivity (Wildman–Crippen MR) is 106 cm³/mol. The van der Waals surface area contributed by atoms with Crippen LogP contribution >= 0.6 is 0 Å². The number of benzene rings is 1. The van der Waals surface area contributed by atoms with Crippen molar-refractivity contribution in [2.45, 2.75) is 40.8 Å². The van der Waals surface area contributed by atoms with Gasteiger partial charge in [-0.1, -0.05) is 18.2 Å². The summed E-state index contributed by atoms with van der Waals surface area (Å²) in [5.41, 5.74) is 5.22. The van der Waals surface area contributed by atoms with Gasteiger partial charge in [0.05, 0.1) is 23.6 Å². The third kappa shape index (κ3) is 4.36. The van der Waals surface area contributed by atoms with Crippen LogP contribution in [-0.4, -0.2) is 27.8 Å². The Morgan fingerprint density at radius 2 is 1.85 bits per heavy atom. The molecule has 1 aromatic carbocycles. The van der Waals surface area contributed by atoms with Crippen LogP contribution in [0.25, 0.3) is 5.69 Å². The molecule has 0 unspecified atom stereocenters. The maximum absolute atomic E-state index is 5.60. The molecule has 142 valence electrons. The SMILES string of the molecule is CN=C(NCc1nc(C)c(C)o1)NCc1ccccc1-n1nc(C)cc1C. The van der Waals surface area contributed by atoms with Crippen molar-refractivity contribution in [1.29, 1.82) is 0 Å². The van der Waals surface area contributed by atoms with Crippen LogP contribution in [0.3, 0.4) is 0 Å². The average molecular weight is 366 g/mol. The Kier molecular flexibility index (Phi) is 5.59. The van der Waals surface area contributed by atoms with E-state index >= 15 is 0 Å². The van der Waals surface area contributed by atoms with Crippen LogP contribution in [0.5, 0.6) is 0 Å². The molecule has 3 rings (SSSR count). The molecule has 0 amide bonds. The van der Waals surface area contributed by atoms with Gasteiger partial charge in [-0.05, 0) is 45.4 Å². The lowest BCUT2D eigenvalue weighted by Gasteiger charge is -2.14. The summed E-state index contributed by atoms with van der Waals surface area (Å²) in [5, 5.41) is 11.2. The van der Waals surface area contributed by atoms with Crippen molar-refractivity contribution in [3.63, 3.8) is 0 Å². The van der Waals surface area contributed by atoms with Gasteiger partial charge in [0.15, 0.2) is 5.96 Å². The Hall–Kier alpha value is -3.09. The van der Waals surface area contributed by atoms with Crippen molar-refractivity contribution in [1.82, 2.24) is 25.4 Å². The van der Waals surface area contributed by atoms with E-state index in [0.717, 1.165) is 34.1 Å². The van der Waals surface area contributed by atoms with E-state index in [2.05, 4.69) is 50.8 Å². The van der Waals surface area contributed by atoms with E-state index in [9.17, 15) is 0 Å². The van der Waals surface area contributed by atoms with Gasteiger partial charge in [0.2, 0.25) is 5.89 Å². The van der Waals surface area contributed by atoms with Gasteiger partial charge >= 0.3 is 0 Å². The summed E-state index contributed by atoms with van der Waals surface area (Å²) < 4.78 is 7.57. The predicted octanol–water partition coefficient (Wildman–Crippen LogP) is 2.96. The molecule has 0 saturated heterocycles. The second-order valence-electron chi connectivity index (χ2n) is 6.50. The summed E-state index contributed by atoms with van der Waals surface area (Å²) in [6.45, 7) is 9.01. The average Bonchev–Trinajstić information content (AvgIpc) is 3.16. The zero-order valence-electron chi connectivity index (χ0n) is 16.5. The molecular weight excluding hydrogens is 340 g/mol. The highest BCUT2D eigenvalue weighted by Crippen LogP contribution is 2.17. The summed E-state index contributed by atoms with van der Waals surface area (Å²) in [5.74, 6) is 2.18. The lowest BCUT2D eigenvalue weighted by atomic mass is 10.1. The monoisotopic (exact) mass is 366 g/mol. The molecule has 0 aliphatic heterocycles. The molecule has 0 bridgehead atoms. The van der Waals surface area contributed by atoms with Crippen LogP contribution in [0.15, 0.2) is 39.7 Å². The molecule has 27 heavy (non-hydrogen) atoms. The molecule has 0 aliphatic carbocycles. The lowest BCUT2D eigenvalue weighted by Crippen LogP contribution is -2.36. The number of aromatic nitrogens is 3. The van der Waals surface area contributed by atoms with Gasteiger partial charge in [0.1, 0.15) is 5.76 Å². The Morgan fingerprint density at radius 1 is 1.11 bits per heavy atom. The molecule has 0 spiro atoms. The number of aliphatic imine (C=N–C) groups is 1. The second-order valence-corrected chi connectivity index (χ2v) is 6.50. The van der Waals surface area contributed by atoms with E-state index in [1.165, 1.54) is 0 Å². The highest BCUT2D eigenvalue weighted by atomic mass is 16.4. The molecule has 2 N–H and O–H groups in total. The minimum Gasteiger partial charge on any atom is -0.444 e.